The molecule has 0 atom stereocenters. The summed E-state index contributed by atoms with van der Waals surface area (Å²) < 4.78 is 0. The Morgan fingerprint density at radius 1 is 1.23 bits per heavy atom. The van der Waals surface area contributed by atoms with Crippen molar-refractivity contribution in [3.8, 4) is 12.3 Å². The molecule has 1 heterocycles. The molecule has 0 radical (unpaired) electrons. The molecule has 0 aromatic heterocycles. The Kier molecular flexibility index (Phi) is 2.24. The third kappa shape index (κ3) is 1.84. The minimum Gasteiger partial charge on any atom is -0.329 e. The van der Waals surface area contributed by atoms with E-state index in [9.17, 15) is 4.79 Å². The van der Waals surface area contributed by atoms with E-state index in [2.05, 4.69) is 10.8 Å². The fourth-order valence-electron chi connectivity index (χ4n) is 1.82. The number of piperazine rings is 1. The van der Waals surface area contributed by atoms with Crippen molar-refractivity contribution in [2.75, 3.05) is 26.2 Å². The maximum Gasteiger partial charge on any atom is 0.298 e. The number of carbonyl (C=O) groups excluding carboxylic acids is 1. The molecule has 1 aliphatic heterocycles. The summed E-state index contributed by atoms with van der Waals surface area (Å²) >= 11 is 0. The molecular formula is C10H14N2O. The Hall–Kier alpha value is -1.01. The first-order chi connectivity index (χ1) is 6.31. The molecule has 2 rings (SSSR count). The maximum absolute atomic E-state index is 11.1. The fraction of sp³-hybridized carbons (Fsp3) is 0.700. The van der Waals surface area contributed by atoms with Gasteiger partial charge < -0.3 is 4.90 Å². The van der Waals surface area contributed by atoms with Crippen LogP contribution in [0.1, 0.15) is 12.8 Å². The van der Waals surface area contributed by atoms with Gasteiger partial charge in [-0.15, -0.1) is 6.42 Å². The van der Waals surface area contributed by atoms with Gasteiger partial charge in [-0.1, -0.05) is 0 Å². The van der Waals surface area contributed by atoms with Crippen molar-refractivity contribution >= 4 is 5.91 Å². The van der Waals surface area contributed by atoms with Crippen molar-refractivity contribution in [3.63, 3.8) is 0 Å². The summed E-state index contributed by atoms with van der Waals surface area (Å²) in [7, 11) is 0. The average Bonchev–Trinajstić information content (AvgIpc) is 3.00. The van der Waals surface area contributed by atoms with E-state index in [4.69, 9.17) is 6.42 Å². The molecule has 0 bridgehead atoms. The second kappa shape index (κ2) is 3.39. The summed E-state index contributed by atoms with van der Waals surface area (Å²) in [5, 5.41) is 0. The van der Waals surface area contributed by atoms with Gasteiger partial charge >= 0.3 is 0 Å². The number of terminal acetylenes is 1. The monoisotopic (exact) mass is 178 g/mol. The summed E-state index contributed by atoms with van der Waals surface area (Å²) in [6.07, 6.45) is 7.73. The summed E-state index contributed by atoms with van der Waals surface area (Å²) in [6, 6.07) is 0.808. The number of rotatable bonds is 1. The van der Waals surface area contributed by atoms with Gasteiger partial charge in [-0.25, -0.2) is 0 Å². The second-order valence-electron chi connectivity index (χ2n) is 3.70. The number of hydrogen-bond donors (Lipinski definition) is 0. The zero-order valence-electron chi connectivity index (χ0n) is 7.70. The molecule has 70 valence electrons. The minimum absolute atomic E-state index is 0.157. The van der Waals surface area contributed by atoms with Crippen LogP contribution in [0.25, 0.3) is 0 Å². The van der Waals surface area contributed by atoms with Gasteiger partial charge in [0.2, 0.25) is 0 Å². The first kappa shape index (κ1) is 8.58. The summed E-state index contributed by atoms with van der Waals surface area (Å²) in [4.78, 5) is 15.4. The smallest absolute Gasteiger partial charge is 0.298 e. The van der Waals surface area contributed by atoms with E-state index in [1.807, 2.05) is 0 Å². The highest BCUT2D eigenvalue weighted by Gasteiger charge is 2.31. The molecule has 1 saturated heterocycles. The van der Waals surface area contributed by atoms with Crippen molar-refractivity contribution in [1.29, 1.82) is 0 Å². The van der Waals surface area contributed by atoms with Gasteiger partial charge in [0.05, 0.1) is 0 Å². The molecule has 0 spiro atoms. The highest BCUT2D eigenvalue weighted by Crippen LogP contribution is 2.27. The molecule has 0 aromatic carbocycles. The van der Waals surface area contributed by atoms with Gasteiger partial charge in [-0.2, -0.15) is 0 Å². The Morgan fingerprint density at radius 3 is 2.31 bits per heavy atom. The average molecular weight is 178 g/mol. The second-order valence-corrected chi connectivity index (χ2v) is 3.70. The van der Waals surface area contributed by atoms with Crippen LogP contribution in [0.15, 0.2) is 0 Å². The molecule has 1 aliphatic carbocycles. The predicted octanol–water partition coefficient (Wildman–Crippen LogP) is -0.0738. The van der Waals surface area contributed by atoms with Gasteiger partial charge in [0.15, 0.2) is 0 Å². The highest BCUT2D eigenvalue weighted by atomic mass is 16.2. The van der Waals surface area contributed by atoms with Crippen molar-refractivity contribution in [1.82, 2.24) is 9.80 Å². The molecular weight excluding hydrogens is 164 g/mol. The van der Waals surface area contributed by atoms with E-state index in [0.29, 0.717) is 0 Å². The summed E-state index contributed by atoms with van der Waals surface area (Å²) in [5.74, 6) is 2.01. The lowest BCUT2D eigenvalue weighted by Gasteiger charge is -2.33. The van der Waals surface area contributed by atoms with Crippen LogP contribution >= 0.6 is 0 Å². The normalized spacial score (nSPS) is 24.1. The molecule has 3 heteroatoms. The third-order valence-corrected chi connectivity index (χ3v) is 2.79. The summed E-state index contributed by atoms with van der Waals surface area (Å²) in [6.45, 7) is 3.61. The van der Waals surface area contributed by atoms with Crippen LogP contribution in [0.2, 0.25) is 0 Å². The van der Waals surface area contributed by atoms with Crippen LogP contribution < -0.4 is 0 Å². The lowest BCUT2D eigenvalue weighted by atomic mass is 10.3. The molecule has 1 saturated carbocycles. The Morgan fingerprint density at radius 2 is 1.85 bits per heavy atom. The van der Waals surface area contributed by atoms with Crippen LogP contribution in [0.4, 0.5) is 0 Å². The van der Waals surface area contributed by atoms with Crippen LogP contribution in [0.5, 0.6) is 0 Å². The molecule has 0 unspecified atom stereocenters. The first-order valence-electron chi connectivity index (χ1n) is 4.81. The van der Waals surface area contributed by atoms with Gasteiger partial charge in [0.25, 0.3) is 5.91 Å². The van der Waals surface area contributed by atoms with Gasteiger partial charge in [0.1, 0.15) is 0 Å². The molecule has 0 aromatic rings. The maximum atomic E-state index is 11.1. The van der Waals surface area contributed by atoms with Crippen molar-refractivity contribution in [3.05, 3.63) is 0 Å². The number of hydrogen-bond acceptors (Lipinski definition) is 2. The topological polar surface area (TPSA) is 23.6 Å². The fourth-order valence-corrected chi connectivity index (χ4v) is 1.82. The van der Waals surface area contributed by atoms with Crippen molar-refractivity contribution in [2.24, 2.45) is 0 Å². The third-order valence-electron chi connectivity index (χ3n) is 2.79. The first-order valence-corrected chi connectivity index (χ1v) is 4.81. The standard InChI is InChI=1S/C10H14N2O/c1-2-10(13)12-7-5-11(6-8-12)9-3-4-9/h1,9H,3-8H2. The van der Waals surface area contributed by atoms with Crippen LogP contribution in [0, 0.1) is 12.3 Å². The van der Waals surface area contributed by atoms with E-state index in [1.54, 1.807) is 4.90 Å². The number of carbonyl (C=O) groups is 1. The zero-order valence-corrected chi connectivity index (χ0v) is 7.70. The molecule has 1 amide bonds. The van der Waals surface area contributed by atoms with E-state index < -0.39 is 0 Å². The van der Waals surface area contributed by atoms with E-state index >= 15 is 0 Å². The summed E-state index contributed by atoms with van der Waals surface area (Å²) in [5.41, 5.74) is 0. The minimum atomic E-state index is -0.157. The lowest BCUT2D eigenvalue weighted by molar-refractivity contribution is -0.126. The van der Waals surface area contributed by atoms with Gasteiger partial charge in [-0.3, -0.25) is 9.69 Å². The highest BCUT2D eigenvalue weighted by molar-refractivity contribution is 5.92. The Labute approximate surface area is 78.7 Å². The van der Waals surface area contributed by atoms with Crippen LogP contribution in [-0.4, -0.2) is 47.9 Å². The van der Waals surface area contributed by atoms with Crippen LogP contribution in [0.3, 0.4) is 0 Å². The molecule has 0 N–H and O–H groups in total. The SMILES string of the molecule is C#CC(=O)N1CCN(C2CC2)CC1. The van der Waals surface area contributed by atoms with E-state index in [0.717, 1.165) is 32.2 Å². The lowest BCUT2D eigenvalue weighted by Crippen LogP contribution is -2.49. The van der Waals surface area contributed by atoms with E-state index in [-0.39, 0.29) is 5.91 Å². The number of nitrogens with zero attached hydrogens (tertiary/aromatic N) is 2. The Bertz CT molecular complexity index is 244. The van der Waals surface area contributed by atoms with Crippen molar-refractivity contribution < 1.29 is 4.79 Å². The molecule has 13 heavy (non-hydrogen) atoms. The molecule has 2 aliphatic rings. The quantitative estimate of drug-likeness (QED) is 0.525. The van der Waals surface area contributed by atoms with Gasteiger partial charge in [0, 0.05) is 32.2 Å². The predicted molar refractivity (Wildman–Crippen MR) is 50.0 cm³/mol. The van der Waals surface area contributed by atoms with Crippen LogP contribution in [-0.2, 0) is 4.79 Å². The zero-order chi connectivity index (χ0) is 9.26. The van der Waals surface area contributed by atoms with Gasteiger partial charge in [-0.05, 0) is 18.8 Å². The molecule has 2 fully saturated rings. The van der Waals surface area contributed by atoms with Crippen molar-refractivity contribution in [2.45, 2.75) is 18.9 Å². The Balaban J connectivity index is 1.82. The van der Waals surface area contributed by atoms with E-state index in [1.165, 1.54) is 12.8 Å². The molecule has 3 nitrogen and oxygen atoms in total. The number of amides is 1. The largest absolute Gasteiger partial charge is 0.329 e.